The number of esters is 1. The van der Waals surface area contributed by atoms with Gasteiger partial charge in [-0.25, -0.2) is 13.2 Å². The summed E-state index contributed by atoms with van der Waals surface area (Å²) in [5.74, 6) is -4.84. The van der Waals surface area contributed by atoms with Crippen molar-refractivity contribution in [3.63, 3.8) is 0 Å². The Morgan fingerprint density at radius 3 is 2.11 bits per heavy atom. The highest BCUT2D eigenvalue weighted by molar-refractivity contribution is 7.93. The van der Waals surface area contributed by atoms with E-state index in [0.29, 0.717) is 5.56 Å². The van der Waals surface area contributed by atoms with Crippen LogP contribution in [0.4, 0.5) is 0 Å². The number of aliphatic carboxylic acids is 1. The maximum absolute atomic E-state index is 12.9. The van der Waals surface area contributed by atoms with Crippen LogP contribution < -0.4 is 5.32 Å². The van der Waals surface area contributed by atoms with Crippen molar-refractivity contribution < 1.29 is 32.6 Å². The summed E-state index contributed by atoms with van der Waals surface area (Å²) in [4.78, 5) is 36.0. The Balaban J connectivity index is 3.05. The van der Waals surface area contributed by atoms with Crippen LogP contribution in [-0.4, -0.2) is 54.5 Å². The number of carboxylic acids is 1. The van der Waals surface area contributed by atoms with Crippen molar-refractivity contribution in [2.45, 2.75) is 44.4 Å². The predicted octanol–water partition coefficient (Wildman–Crippen LogP) is 1.19. The van der Waals surface area contributed by atoms with Gasteiger partial charge in [0.2, 0.25) is 5.91 Å². The molecule has 0 unspecified atom stereocenters. The van der Waals surface area contributed by atoms with E-state index in [1.807, 2.05) is 0 Å². The van der Waals surface area contributed by atoms with Crippen LogP contribution in [0.5, 0.6) is 0 Å². The monoisotopic (exact) mass is 413 g/mol. The Labute approximate surface area is 165 Å². The molecule has 156 valence electrons. The van der Waals surface area contributed by atoms with Crippen LogP contribution in [-0.2, 0) is 35.4 Å². The Hall–Kier alpha value is -2.42. The van der Waals surface area contributed by atoms with Crippen molar-refractivity contribution >= 4 is 27.7 Å². The van der Waals surface area contributed by atoms with Gasteiger partial charge in [0.05, 0.1) is 18.8 Å². The lowest BCUT2D eigenvalue weighted by Crippen LogP contribution is -2.58. The van der Waals surface area contributed by atoms with Crippen LogP contribution in [0.25, 0.3) is 0 Å². The third kappa shape index (κ3) is 5.54. The van der Waals surface area contributed by atoms with Crippen molar-refractivity contribution in [2.24, 2.45) is 5.92 Å². The SMILES string of the molecule is COC(=O)C(C)(C)NC(=O)C(C)(C)S(=O)(=O)C[C@@H](Cc1ccccc1)C(=O)O. The van der Waals surface area contributed by atoms with Gasteiger partial charge in [-0.2, -0.15) is 0 Å². The van der Waals surface area contributed by atoms with Gasteiger partial charge in [-0.1, -0.05) is 30.3 Å². The number of ether oxygens (including phenoxy) is 1. The molecular formula is C19H27NO7S. The molecule has 1 aromatic rings. The highest BCUT2D eigenvalue weighted by atomic mass is 32.2. The fourth-order valence-electron chi connectivity index (χ4n) is 2.47. The first kappa shape index (κ1) is 23.6. The zero-order chi connectivity index (χ0) is 21.8. The first-order chi connectivity index (χ1) is 12.7. The molecule has 2 N–H and O–H groups in total. The third-order valence-corrected chi connectivity index (χ3v) is 7.12. The second-order valence-corrected chi connectivity index (χ2v) is 10.2. The third-order valence-electron chi connectivity index (χ3n) is 4.54. The maximum Gasteiger partial charge on any atom is 0.330 e. The van der Waals surface area contributed by atoms with Gasteiger partial charge in [0, 0.05) is 0 Å². The molecule has 0 bridgehead atoms. The van der Waals surface area contributed by atoms with Gasteiger partial charge in [0.25, 0.3) is 0 Å². The van der Waals surface area contributed by atoms with Crippen LogP contribution in [0.3, 0.4) is 0 Å². The molecule has 0 aliphatic heterocycles. The minimum Gasteiger partial charge on any atom is -0.481 e. The molecule has 0 aromatic heterocycles. The van der Waals surface area contributed by atoms with E-state index in [1.54, 1.807) is 30.3 Å². The highest BCUT2D eigenvalue weighted by Gasteiger charge is 2.46. The molecule has 0 spiro atoms. The fourth-order valence-corrected chi connectivity index (χ4v) is 4.01. The summed E-state index contributed by atoms with van der Waals surface area (Å²) >= 11 is 0. The Morgan fingerprint density at radius 1 is 1.11 bits per heavy atom. The minimum atomic E-state index is -4.17. The number of carbonyl (C=O) groups excluding carboxylic acids is 2. The van der Waals surface area contributed by atoms with Crippen LogP contribution >= 0.6 is 0 Å². The van der Waals surface area contributed by atoms with Gasteiger partial charge in [-0.05, 0) is 39.7 Å². The van der Waals surface area contributed by atoms with E-state index in [2.05, 4.69) is 10.1 Å². The number of hydrogen-bond acceptors (Lipinski definition) is 6. The summed E-state index contributed by atoms with van der Waals surface area (Å²) in [6.45, 7) is 5.14. The fraction of sp³-hybridized carbons (Fsp3) is 0.526. The number of nitrogens with one attached hydrogen (secondary N) is 1. The van der Waals surface area contributed by atoms with Crippen molar-refractivity contribution in [3.05, 3.63) is 35.9 Å². The van der Waals surface area contributed by atoms with Crippen LogP contribution in [0.15, 0.2) is 30.3 Å². The van der Waals surface area contributed by atoms with Crippen molar-refractivity contribution in [1.82, 2.24) is 5.32 Å². The molecule has 1 atom stereocenters. The summed E-state index contributed by atoms with van der Waals surface area (Å²) in [6, 6.07) is 8.65. The zero-order valence-electron chi connectivity index (χ0n) is 16.7. The molecule has 1 amide bonds. The van der Waals surface area contributed by atoms with Crippen molar-refractivity contribution in [1.29, 1.82) is 0 Å². The summed E-state index contributed by atoms with van der Waals surface area (Å²) in [6.07, 6.45) is 0.0146. The Kier molecular flexibility index (Phi) is 7.36. The normalized spacial score (nSPS) is 13.5. The van der Waals surface area contributed by atoms with E-state index in [-0.39, 0.29) is 6.42 Å². The summed E-state index contributed by atoms with van der Waals surface area (Å²) in [5.41, 5.74) is -0.756. The first-order valence-electron chi connectivity index (χ1n) is 8.64. The van der Waals surface area contributed by atoms with E-state index in [1.165, 1.54) is 27.7 Å². The quantitative estimate of drug-likeness (QED) is 0.582. The lowest BCUT2D eigenvalue weighted by molar-refractivity contribution is -0.149. The zero-order valence-corrected chi connectivity index (χ0v) is 17.5. The van der Waals surface area contributed by atoms with Crippen LogP contribution in [0, 0.1) is 5.92 Å². The molecule has 28 heavy (non-hydrogen) atoms. The molecule has 8 nitrogen and oxygen atoms in total. The standard InChI is InChI=1S/C19H27NO7S/c1-18(2,17(24)27-5)20-16(23)19(3,4)28(25,26)12-14(15(21)22)11-13-9-7-6-8-10-13/h6-10,14H,11-12H2,1-5H3,(H,20,23)(H,21,22)/t14-/m1/s1. The van der Waals surface area contributed by atoms with Gasteiger partial charge >= 0.3 is 11.9 Å². The van der Waals surface area contributed by atoms with E-state index >= 15 is 0 Å². The average molecular weight is 413 g/mol. The molecule has 1 rings (SSSR count). The van der Waals surface area contributed by atoms with Gasteiger partial charge < -0.3 is 15.2 Å². The Morgan fingerprint density at radius 2 is 1.64 bits per heavy atom. The molecule has 0 saturated heterocycles. The van der Waals surface area contributed by atoms with Crippen molar-refractivity contribution in [3.8, 4) is 0 Å². The average Bonchev–Trinajstić information content (AvgIpc) is 2.60. The first-order valence-corrected chi connectivity index (χ1v) is 10.3. The molecule has 9 heteroatoms. The predicted molar refractivity (Wildman–Crippen MR) is 103 cm³/mol. The van der Waals surface area contributed by atoms with Gasteiger partial charge in [-0.3, -0.25) is 9.59 Å². The number of rotatable bonds is 9. The molecule has 0 heterocycles. The number of carboxylic acid groups (broad SMARTS) is 1. The van der Waals surface area contributed by atoms with E-state index in [4.69, 9.17) is 0 Å². The molecule has 0 aliphatic rings. The molecule has 0 radical (unpaired) electrons. The summed E-state index contributed by atoms with van der Waals surface area (Å²) in [5, 5.41) is 11.8. The molecule has 0 fully saturated rings. The van der Waals surface area contributed by atoms with Crippen molar-refractivity contribution in [2.75, 3.05) is 12.9 Å². The van der Waals surface area contributed by atoms with Gasteiger partial charge in [-0.15, -0.1) is 0 Å². The smallest absolute Gasteiger partial charge is 0.330 e. The number of sulfone groups is 1. The summed E-state index contributed by atoms with van der Waals surface area (Å²) in [7, 11) is -3.02. The maximum atomic E-state index is 12.9. The number of hydrogen-bond donors (Lipinski definition) is 2. The van der Waals surface area contributed by atoms with Crippen LogP contribution in [0.1, 0.15) is 33.3 Å². The molecular weight excluding hydrogens is 386 g/mol. The van der Waals surface area contributed by atoms with Crippen LogP contribution in [0.2, 0.25) is 0 Å². The number of methoxy groups -OCH3 is 1. The number of benzene rings is 1. The number of amides is 1. The molecule has 0 aliphatic carbocycles. The second-order valence-electron chi connectivity index (χ2n) is 7.59. The van der Waals surface area contributed by atoms with E-state index in [9.17, 15) is 27.9 Å². The lowest BCUT2D eigenvalue weighted by atomic mass is 10.0. The van der Waals surface area contributed by atoms with E-state index in [0.717, 1.165) is 7.11 Å². The highest BCUT2D eigenvalue weighted by Crippen LogP contribution is 2.23. The Bertz CT molecular complexity index is 829. The van der Waals surface area contributed by atoms with Gasteiger partial charge in [0.1, 0.15) is 10.3 Å². The topological polar surface area (TPSA) is 127 Å². The minimum absolute atomic E-state index is 0.0146. The molecule has 1 aromatic carbocycles. The molecule has 0 saturated carbocycles. The number of carbonyl (C=O) groups is 3. The van der Waals surface area contributed by atoms with Gasteiger partial charge in [0.15, 0.2) is 9.84 Å². The lowest BCUT2D eigenvalue weighted by Gasteiger charge is -2.30. The second kappa shape index (κ2) is 8.72. The summed E-state index contributed by atoms with van der Waals surface area (Å²) < 4.78 is 28.4. The largest absolute Gasteiger partial charge is 0.481 e. The van der Waals surface area contributed by atoms with E-state index < -0.39 is 49.6 Å².